The summed E-state index contributed by atoms with van der Waals surface area (Å²) >= 11 is 0. The Hall–Kier alpha value is -0.0800. The van der Waals surface area contributed by atoms with Crippen molar-refractivity contribution in [3.05, 3.63) is 0 Å². The SMILES string of the molecule is CC(CNC1CCCC1)N(C)C1CCCCCC1. The predicted octanol–water partition coefficient (Wildman–Crippen LogP) is 3.56. The van der Waals surface area contributed by atoms with Crippen molar-refractivity contribution >= 4 is 0 Å². The Bertz CT molecular complexity index is 215. The van der Waals surface area contributed by atoms with E-state index in [-0.39, 0.29) is 0 Å². The van der Waals surface area contributed by atoms with Crippen molar-refractivity contribution in [2.75, 3.05) is 13.6 Å². The molecule has 18 heavy (non-hydrogen) atoms. The molecule has 0 bridgehead atoms. The molecule has 2 heteroatoms. The van der Waals surface area contributed by atoms with Crippen molar-refractivity contribution < 1.29 is 0 Å². The van der Waals surface area contributed by atoms with Crippen molar-refractivity contribution in [3.63, 3.8) is 0 Å². The molecule has 0 spiro atoms. The molecule has 1 N–H and O–H groups in total. The first-order chi connectivity index (χ1) is 8.77. The summed E-state index contributed by atoms with van der Waals surface area (Å²) in [5.74, 6) is 0. The van der Waals surface area contributed by atoms with Gasteiger partial charge in [-0.2, -0.15) is 0 Å². The van der Waals surface area contributed by atoms with Gasteiger partial charge in [-0.05, 0) is 39.7 Å². The lowest BCUT2D eigenvalue weighted by molar-refractivity contribution is 0.162. The fourth-order valence-corrected chi connectivity index (χ4v) is 3.64. The molecule has 1 unspecified atom stereocenters. The second kappa shape index (κ2) is 7.49. The first-order valence-electron chi connectivity index (χ1n) is 8.22. The zero-order valence-corrected chi connectivity index (χ0v) is 12.5. The van der Waals surface area contributed by atoms with Gasteiger partial charge in [-0.1, -0.05) is 38.5 Å². The van der Waals surface area contributed by atoms with Gasteiger partial charge in [-0.3, -0.25) is 4.90 Å². The van der Waals surface area contributed by atoms with E-state index in [2.05, 4.69) is 24.2 Å². The lowest BCUT2D eigenvalue weighted by Gasteiger charge is -2.33. The van der Waals surface area contributed by atoms with Gasteiger partial charge >= 0.3 is 0 Å². The Morgan fingerprint density at radius 2 is 1.50 bits per heavy atom. The van der Waals surface area contributed by atoms with E-state index in [1.165, 1.54) is 70.8 Å². The van der Waals surface area contributed by atoms with Crippen LogP contribution in [0.1, 0.15) is 71.1 Å². The Labute approximate surface area is 114 Å². The number of nitrogens with zero attached hydrogens (tertiary/aromatic N) is 1. The molecule has 0 aromatic carbocycles. The van der Waals surface area contributed by atoms with E-state index in [0.717, 1.165) is 12.1 Å². The molecule has 106 valence electrons. The van der Waals surface area contributed by atoms with Crippen LogP contribution in [-0.4, -0.2) is 36.6 Å². The minimum absolute atomic E-state index is 0.689. The highest BCUT2D eigenvalue weighted by atomic mass is 15.2. The van der Waals surface area contributed by atoms with E-state index in [1.54, 1.807) is 0 Å². The molecule has 0 saturated heterocycles. The third-order valence-electron chi connectivity index (χ3n) is 5.15. The maximum absolute atomic E-state index is 3.78. The topological polar surface area (TPSA) is 15.3 Å². The van der Waals surface area contributed by atoms with Crippen LogP contribution in [0.15, 0.2) is 0 Å². The maximum atomic E-state index is 3.78. The van der Waals surface area contributed by atoms with Crippen LogP contribution in [0.3, 0.4) is 0 Å². The highest BCUT2D eigenvalue weighted by Crippen LogP contribution is 2.22. The van der Waals surface area contributed by atoms with Gasteiger partial charge in [0.1, 0.15) is 0 Å². The Kier molecular flexibility index (Phi) is 5.97. The number of hydrogen-bond donors (Lipinski definition) is 1. The van der Waals surface area contributed by atoms with Crippen LogP contribution >= 0.6 is 0 Å². The molecule has 0 heterocycles. The summed E-state index contributed by atoms with van der Waals surface area (Å²) < 4.78 is 0. The zero-order valence-electron chi connectivity index (χ0n) is 12.5. The van der Waals surface area contributed by atoms with Crippen LogP contribution < -0.4 is 5.32 Å². The van der Waals surface area contributed by atoms with Gasteiger partial charge < -0.3 is 5.32 Å². The second-order valence-corrected chi connectivity index (χ2v) is 6.55. The number of rotatable bonds is 5. The van der Waals surface area contributed by atoms with Gasteiger partial charge in [0, 0.05) is 24.7 Å². The summed E-state index contributed by atoms with van der Waals surface area (Å²) in [5.41, 5.74) is 0. The van der Waals surface area contributed by atoms with Gasteiger partial charge in [0.05, 0.1) is 0 Å². The molecule has 2 nitrogen and oxygen atoms in total. The molecule has 0 aromatic heterocycles. The minimum Gasteiger partial charge on any atom is -0.312 e. The van der Waals surface area contributed by atoms with Crippen molar-refractivity contribution in [1.82, 2.24) is 10.2 Å². The summed E-state index contributed by atoms with van der Waals surface area (Å²) in [6.45, 7) is 3.57. The van der Waals surface area contributed by atoms with Crippen LogP contribution in [0.25, 0.3) is 0 Å². The van der Waals surface area contributed by atoms with E-state index in [9.17, 15) is 0 Å². The Balaban J connectivity index is 1.70. The van der Waals surface area contributed by atoms with Gasteiger partial charge in [0.25, 0.3) is 0 Å². The van der Waals surface area contributed by atoms with E-state index in [4.69, 9.17) is 0 Å². The molecule has 0 aromatic rings. The van der Waals surface area contributed by atoms with E-state index < -0.39 is 0 Å². The third kappa shape index (κ3) is 4.24. The molecule has 0 aliphatic heterocycles. The monoisotopic (exact) mass is 252 g/mol. The first-order valence-corrected chi connectivity index (χ1v) is 8.22. The molecule has 2 saturated carbocycles. The minimum atomic E-state index is 0.689. The Morgan fingerprint density at radius 1 is 0.944 bits per heavy atom. The fraction of sp³-hybridized carbons (Fsp3) is 1.00. The zero-order chi connectivity index (χ0) is 12.8. The lowest BCUT2D eigenvalue weighted by atomic mass is 10.1. The number of likely N-dealkylation sites (N-methyl/N-ethyl adjacent to an activating group) is 1. The summed E-state index contributed by atoms with van der Waals surface area (Å²) in [7, 11) is 2.34. The molecule has 2 aliphatic carbocycles. The van der Waals surface area contributed by atoms with Crippen LogP contribution in [-0.2, 0) is 0 Å². The predicted molar refractivity (Wildman–Crippen MR) is 79.0 cm³/mol. The molecular weight excluding hydrogens is 220 g/mol. The molecular formula is C16H32N2. The van der Waals surface area contributed by atoms with Gasteiger partial charge in [-0.15, -0.1) is 0 Å². The van der Waals surface area contributed by atoms with Crippen LogP contribution in [0.2, 0.25) is 0 Å². The highest BCUT2D eigenvalue weighted by Gasteiger charge is 2.22. The van der Waals surface area contributed by atoms with E-state index in [0.29, 0.717) is 6.04 Å². The summed E-state index contributed by atoms with van der Waals surface area (Å²) in [4.78, 5) is 2.65. The van der Waals surface area contributed by atoms with Crippen LogP contribution in [0, 0.1) is 0 Å². The molecule has 0 amide bonds. The highest BCUT2D eigenvalue weighted by molar-refractivity contribution is 4.80. The smallest absolute Gasteiger partial charge is 0.0192 e. The standard InChI is InChI=1S/C16H32N2/c1-14(13-17-15-9-7-8-10-15)18(2)16-11-5-3-4-6-12-16/h14-17H,3-13H2,1-2H3. The van der Waals surface area contributed by atoms with E-state index in [1.807, 2.05) is 0 Å². The molecule has 0 radical (unpaired) electrons. The van der Waals surface area contributed by atoms with Gasteiger partial charge in [0.2, 0.25) is 0 Å². The average Bonchev–Trinajstić information content (AvgIpc) is 2.75. The summed E-state index contributed by atoms with van der Waals surface area (Å²) in [6.07, 6.45) is 14.3. The van der Waals surface area contributed by atoms with Crippen LogP contribution in [0.4, 0.5) is 0 Å². The molecule has 2 rings (SSSR count). The van der Waals surface area contributed by atoms with Crippen molar-refractivity contribution in [1.29, 1.82) is 0 Å². The number of nitrogens with one attached hydrogen (secondary N) is 1. The summed E-state index contributed by atoms with van der Waals surface area (Å²) in [6, 6.07) is 2.34. The third-order valence-corrected chi connectivity index (χ3v) is 5.15. The van der Waals surface area contributed by atoms with Crippen molar-refractivity contribution in [2.45, 2.75) is 89.3 Å². The van der Waals surface area contributed by atoms with Crippen molar-refractivity contribution in [3.8, 4) is 0 Å². The summed E-state index contributed by atoms with van der Waals surface area (Å²) in [5, 5.41) is 3.78. The maximum Gasteiger partial charge on any atom is 0.0192 e. The van der Waals surface area contributed by atoms with Gasteiger partial charge in [-0.25, -0.2) is 0 Å². The molecule has 2 aliphatic rings. The fourth-order valence-electron chi connectivity index (χ4n) is 3.64. The number of hydrogen-bond acceptors (Lipinski definition) is 2. The second-order valence-electron chi connectivity index (χ2n) is 6.55. The molecule has 1 atom stereocenters. The largest absolute Gasteiger partial charge is 0.312 e. The Morgan fingerprint density at radius 3 is 2.11 bits per heavy atom. The van der Waals surface area contributed by atoms with Gasteiger partial charge in [0.15, 0.2) is 0 Å². The average molecular weight is 252 g/mol. The quantitative estimate of drug-likeness (QED) is 0.753. The molecule has 2 fully saturated rings. The first kappa shape index (κ1) is 14.3. The van der Waals surface area contributed by atoms with Crippen molar-refractivity contribution in [2.24, 2.45) is 0 Å². The van der Waals surface area contributed by atoms with E-state index >= 15 is 0 Å². The van der Waals surface area contributed by atoms with Crippen LogP contribution in [0.5, 0.6) is 0 Å². The lowest BCUT2D eigenvalue weighted by Crippen LogP contribution is -2.45. The normalized spacial score (nSPS) is 25.5.